The highest BCUT2D eigenvalue weighted by Gasteiger charge is 2.10. The van der Waals surface area contributed by atoms with Crippen molar-refractivity contribution in [2.45, 2.75) is 13.0 Å². The summed E-state index contributed by atoms with van der Waals surface area (Å²) in [5.74, 6) is 0. The molecule has 1 atom stereocenters. The third kappa shape index (κ3) is 2.03. The van der Waals surface area contributed by atoms with Crippen molar-refractivity contribution in [1.82, 2.24) is 10.2 Å². The second kappa shape index (κ2) is 4.06. The van der Waals surface area contributed by atoms with Gasteiger partial charge in [-0.2, -0.15) is 0 Å². The van der Waals surface area contributed by atoms with E-state index < -0.39 is 0 Å². The van der Waals surface area contributed by atoms with Crippen LogP contribution in [0.3, 0.4) is 0 Å². The summed E-state index contributed by atoms with van der Waals surface area (Å²) in [4.78, 5) is 1.13. The van der Waals surface area contributed by atoms with Crippen molar-refractivity contribution in [2.24, 2.45) is 5.73 Å². The van der Waals surface area contributed by atoms with Crippen LogP contribution in [0.1, 0.15) is 18.0 Å². The van der Waals surface area contributed by atoms with Crippen LogP contribution in [0.5, 0.6) is 0 Å². The molecule has 0 amide bonds. The predicted octanol–water partition coefficient (Wildman–Crippen LogP) is 3.05. The molecular weight excluding hydrogens is 282 g/mol. The van der Waals surface area contributed by atoms with Crippen molar-refractivity contribution in [3.63, 3.8) is 0 Å². The number of thiophene rings is 1. The van der Waals surface area contributed by atoms with E-state index in [9.17, 15) is 0 Å². The van der Waals surface area contributed by atoms with Crippen molar-refractivity contribution in [3.8, 4) is 9.88 Å². The molecule has 74 valence electrons. The first kappa shape index (κ1) is 10.2. The normalized spacial score (nSPS) is 13.1. The van der Waals surface area contributed by atoms with Gasteiger partial charge < -0.3 is 5.73 Å². The molecule has 2 heterocycles. The fourth-order valence-electron chi connectivity index (χ4n) is 0.947. The SMILES string of the molecule is CC(N)c1nnc(-c2ccc(Br)s2)s1. The third-order valence-electron chi connectivity index (χ3n) is 1.61. The van der Waals surface area contributed by atoms with E-state index in [-0.39, 0.29) is 6.04 Å². The molecule has 14 heavy (non-hydrogen) atoms. The van der Waals surface area contributed by atoms with Crippen molar-refractivity contribution in [3.05, 3.63) is 20.9 Å². The van der Waals surface area contributed by atoms with Crippen LogP contribution in [-0.2, 0) is 0 Å². The van der Waals surface area contributed by atoms with Crippen LogP contribution >= 0.6 is 38.6 Å². The van der Waals surface area contributed by atoms with Gasteiger partial charge in [0.1, 0.15) is 5.01 Å². The minimum Gasteiger partial charge on any atom is -0.322 e. The first-order valence-corrected chi connectivity index (χ1v) is 6.44. The number of halogens is 1. The van der Waals surface area contributed by atoms with E-state index in [0.29, 0.717) is 0 Å². The Morgan fingerprint density at radius 2 is 2.14 bits per heavy atom. The molecule has 0 aromatic carbocycles. The first-order chi connectivity index (χ1) is 6.66. The van der Waals surface area contributed by atoms with E-state index in [2.05, 4.69) is 26.1 Å². The van der Waals surface area contributed by atoms with Crippen LogP contribution in [0.2, 0.25) is 0 Å². The van der Waals surface area contributed by atoms with Gasteiger partial charge in [0.25, 0.3) is 0 Å². The highest BCUT2D eigenvalue weighted by molar-refractivity contribution is 9.11. The summed E-state index contributed by atoms with van der Waals surface area (Å²) in [5.41, 5.74) is 5.71. The van der Waals surface area contributed by atoms with E-state index in [1.165, 1.54) is 0 Å². The van der Waals surface area contributed by atoms with Crippen LogP contribution in [0.25, 0.3) is 9.88 Å². The molecule has 0 saturated carbocycles. The maximum absolute atomic E-state index is 5.71. The van der Waals surface area contributed by atoms with Crippen LogP contribution in [-0.4, -0.2) is 10.2 Å². The number of rotatable bonds is 2. The summed E-state index contributed by atoms with van der Waals surface area (Å²) >= 11 is 6.61. The lowest BCUT2D eigenvalue weighted by atomic mass is 10.4. The number of nitrogens with zero attached hydrogens (tertiary/aromatic N) is 2. The zero-order valence-electron chi connectivity index (χ0n) is 7.40. The van der Waals surface area contributed by atoms with Crippen molar-refractivity contribution in [1.29, 1.82) is 0 Å². The first-order valence-electron chi connectivity index (χ1n) is 4.01. The zero-order chi connectivity index (χ0) is 10.1. The molecule has 3 nitrogen and oxygen atoms in total. The summed E-state index contributed by atoms with van der Waals surface area (Å²) in [5, 5.41) is 9.95. The average molecular weight is 290 g/mol. The number of nitrogens with two attached hydrogens (primary N) is 1. The van der Waals surface area contributed by atoms with Crippen LogP contribution in [0.4, 0.5) is 0 Å². The van der Waals surface area contributed by atoms with Crippen LogP contribution in [0, 0.1) is 0 Å². The summed E-state index contributed by atoms with van der Waals surface area (Å²) in [6, 6.07) is 4.00. The largest absolute Gasteiger partial charge is 0.322 e. The van der Waals surface area contributed by atoms with E-state index in [1.54, 1.807) is 22.7 Å². The fraction of sp³-hybridized carbons (Fsp3) is 0.250. The molecule has 1 unspecified atom stereocenters. The van der Waals surface area contributed by atoms with Crippen molar-refractivity contribution >= 4 is 38.6 Å². The van der Waals surface area contributed by atoms with Gasteiger partial charge in [0.05, 0.1) is 14.7 Å². The Hall–Kier alpha value is -0.300. The Balaban J connectivity index is 2.33. The van der Waals surface area contributed by atoms with Crippen molar-refractivity contribution < 1.29 is 0 Å². The Kier molecular flexibility index (Phi) is 2.96. The molecule has 0 aliphatic rings. The van der Waals surface area contributed by atoms with Gasteiger partial charge in [-0.05, 0) is 35.0 Å². The van der Waals surface area contributed by atoms with Gasteiger partial charge in [-0.25, -0.2) is 0 Å². The molecule has 0 saturated heterocycles. The van der Waals surface area contributed by atoms with E-state index in [4.69, 9.17) is 5.73 Å². The van der Waals surface area contributed by atoms with E-state index >= 15 is 0 Å². The Labute approximate surface area is 98.1 Å². The maximum atomic E-state index is 5.71. The van der Waals surface area contributed by atoms with Gasteiger partial charge in [-0.1, -0.05) is 11.3 Å². The number of hydrogen-bond donors (Lipinski definition) is 1. The second-order valence-electron chi connectivity index (χ2n) is 2.84. The van der Waals surface area contributed by atoms with Gasteiger partial charge in [0.15, 0.2) is 5.01 Å². The van der Waals surface area contributed by atoms with Gasteiger partial charge in [0.2, 0.25) is 0 Å². The molecule has 2 rings (SSSR count). The second-order valence-corrected chi connectivity index (χ2v) is 6.31. The highest BCUT2D eigenvalue weighted by atomic mass is 79.9. The van der Waals surface area contributed by atoms with Crippen LogP contribution in [0.15, 0.2) is 15.9 Å². The molecule has 2 N–H and O–H groups in total. The molecule has 0 aliphatic heterocycles. The molecule has 2 aromatic rings. The number of hydrogen-bond acceptors (Lipinski definition) is 5. The minimum absolute atomic E-state index is 0.0374. The minimum atomic E-state index is -0.0374. The molecular formula is C8H8BrN3S2. The molecule has 0 spiro atoms. The fourth-order valence-corrected chi connectivity index (χ4v) is 3.18. The molecule has 6 heteroatoms. The molecule has 0 radical (unpaired) electrons. The topological polar surface area (TPSA) is 51.8 Å². The summed E-state index contributed by atoms with van der Waals surface area (Å²) in [6.45, 7) is 1.91. The monoisotopic (exact) mass is 289 g/mol. The van der Waals surface area contributed by atoms with Crippen molar-refractivity contribution in [2.75, 3.05) is 0 Å². The predicted molar refractivity (Wildman–Crippen MR) is 63.5 cm³/mol. The molecule has 0 aliphatic carbocycles. The Morgan fingerprint density at radius 1 is 1.36 bits per heavy atom. The summed E-state index contributed by atoms with van der Waals surface area (Å²) in [6.07, 6.45) is 0. The highest BCUT2D eigenvalue weighted by Crippen LogP contribution is 2.33. The molecule has 0 bridgehead atoms. The lowest BCUT2D eigenvalue weighted by Crippen LogP contribution is -2.03. The zero-order valence-corrected chi connectivity index (χ0v) is 10.6. The average Bonchev–Trinajstić information content (AvgIpc) is 2.70. The smallest absolute Gasteiger partial charge is 0.157 e. The van der Waals surface area contributed by atoms with Gasteiger partial charge in [-0.3, -0.25) is 0 Å². The van der Waals surface area contributed by atoms with Gasteiger partial charge in [0, 0.05) is 0 Å². The summed E-state index contributed by atoms with van der Waals surface area (Å²) in [7, 11) is 0. The lowest BCUT2D eigenvalue weighted by molar-refractivity contribution is 0.786. The van der Waals surface area contributed by atoms with Gasteiger partial charge in [-0.15, -0.1) is 21.5 Å². The number of aromatic nitrogens is 2. The molecule has 0 fully saturated rings. The van der Waals surface area contributed by atoms with Crippen LogP contribution < -0.4 is 5.73 Å². The maximum Gasteiger partial charge on any atom is 0.157 e. The third-order valence-corrected chi connectivity index (χ3v) is 4.53. The summed E-state index contributed by atoms with van der Waals surface area (Å²) < 4.78 is 1.10. The Bertz CT molecular complexity index is 435. The quantitative estimate of drug-likeness (QED) is 0.924. The van der Waals surface area contributed by atoms with E-state index in [1.807, 2.05) is 19.1 Å². The van der Waals surface area contributed by atoms with E-state index in [0.717, 1.165) is 18.7 Å². The Morgan fingerprint density at radius 3 is 2.64 bits per heavy atom. The standard InChI is InChI=1S/C8H8BrN3S2/c1-4(10)7-11-12-8(14-7)5-2-3-6(9)13-5/h2-4H,10H2,1H3. The van der Waals surface area contributed by atoms with Gasteiger partial charge >= 0.3 is 0 Å². The molecule has 2 aromatic heterocycles. The lowest BCUT2D eigenvalue weighted by Gasteiger charge is -1.94.